The molecule has 1 aromatic heterocycles. The van der Waals surface area contributed by atoms with Gasteiger partial charge in [0.15, 0.2) is 0 Å². The number of amides is 2. The number of carbonyl (C=O) groups excluding carboxylic acids is 2. The van der Waals surface area contributed by atoms with Gasteiger partial charge in [0.25, 0.3) is 0 Å². The topological polar surface area (TPSA) is 102 Å². The van der Waals surface area contributed by atoms with Crippen molar-refractivity contribution in [3.63, 3.8) is 0 Å². The molecule has 0 fully saturated rings. The lowest BCUT2D eigenvalue weighted by Crippen LogP contribution is -2.42. The number of aromatic nitrogens is 2. The van der Waals surface area contributed by atoms with Crippen molar-refractivity contribution in [1.29, 1.82) is 0 Å². The van der Waals surface area contributed by atoms with Gasteiger partial charge in [-0.1, -0.05) is 0 Å². The highest BCUT2D eigenvalue weighted by Crippen LogP contribution is 2.08. The molecule has 0 aliphatic rings. The number of rotatable bonds is 5. The molecular weight excluding hydrogens is 258 g/mol. The van der Waals surface area contributed by atoms with Crippen molar-refractivity contribution in [1.82, 2.24) is 20.4 Å². The number of hydrogen-bond donors (Lipinski definition) is 3. The summed E-state index contributed by atoms with van der Waals surface area (Å²) in [7, 11) is 1.75. The molecule has 0 bridgehead atoms. The molecule has 0 saturated heterocycles. The van der Waals surface area contributed by atoms with E-state index >= 15 is 0 Å². The molecule has 7 heteroatoms. The minimum atomic E-state index is -0.769. The van der Waals surface area contributed by atoms with Crippen LogP contribution in [0, 0.1) is 0 Å². The van der Waals surface area contributed by atoms with Crippen molar-refractivity contribution in [3.8, 4) is 0 Å². The summed E-state index contributed by atoms with van der Waals surface area (Å²) in [6, 6.07) is -0.769. The summed E-state index contributed by atoms with van der Waals surface area (Å²) in [5, 5.41) is 9.43. The molecule has 0 aliphatic heterocycles. The Balaban J connectivity index is 2.35. The van der Waals surface area contributed by atoms with Crippen LogP contribution in [-0.4, -0.2) is 33.7 Å². The van der Waals surface area contributed by atoms with Crippen LogP contribution in [0.5, 0.6) is 0 Å². The summed E-state index contributed by atoms with van der Waals surface area (Å²) in [6.45, 7) is 5.97. The van der Waals surface area contributed by atoms with Crippen molar-refractivity contribution in [2.24, 2.45) is 12.8 Å². The van der Waals surface area contributed by atoms with Gasteiger partial charge in [-0.3, -0.25) is 14.3 Å². The standard InChI is InChI=1S/C13H23N5O2/c1-13(2,3)17-10(19)5-6-15-12(20)11(14)9-7-16-18(4)8-9/h7-8,11H,5-6,14H2,1-4H3,(H,15,20)(H,17,19). The Morgan fingerprint density at radius 3 is 2.60 bits per heavy atom. The van der Waals surface area contributed by atoms with Crippen LogP contribution in [0.15, 0.2) is 12.4 Å². The molecule has 0 aromatic carbocycles. The number of hydrogen-bond acceptors (Lipinski definition) is 4. The first-order chi connectivity index (χ1) is 9.19. The van der Waals surface area contributed by atoms with Crippen LogP contribution in [0.4, 0.5) is 0 Å². The van der Waals surface area contributed by atoms with Crippen molar-refractivity contribution < 1.29 is 9.59 Å². The number of nitrogens with one attached hydrogen (secondary N) is 2. The van der Waals surface area contributed by atoms with Crippen LogP contribution in [0.3, 0.4) is 0 Å². The predicted molar refractivity (Wildman–Crippen MR) is 75.7 cm³/mol. The van der Waals surface area contributed by atoms with Crippen LogP contribution in [0.1, 0.15) is 38.8 Å². The lowest BCUT2D eigenvalue weighted by atomic mass is 10.1. The molecule has 112 valence electrons. The van der Waals surface area contributed by atoms with E-state index in [2.05, 4.69) is 15.7 Å². The Bertz CT molecular complexity index is 475. The summed E-state index contributed by atoms with van der Waals surface area (Å²) in [4.78, 5) is 23.4. The Morgan fingerprint density at radius 2 is 2.10 bits per heavy atom. The molecule has 1 heterocycles. The molecule has 1 unspecified atom stereocenters. The quantitative estimate of drug-likeness (QED) is 0.698. The van der Waals surface area contributed by atoms with E-state index in [1.165, 1.54) is 0 Å². The fraction of sp³-hybridized carbons (Fsp3) is 0.615. The minimum Gasteiger partial charge on any atom is -0.354 e. The number of carbonyl (C=O) groups is 2. The first kappa shape index (κ1) is 16.2. The van der Waals surface area contributed by atoms with Gasteiger partial charge in [-0.15, -0.1) is 0 Å². The molecule has 1 rings (SSSR count). The number of nitrogens with two attached hydrogens (primary N) is 1. The normalized spacial score (nSPS) is 12.8. The fourth-order valence-electron chi connectivity index (χ4n) is 1.64. The Morgan fingerprint density at radius 1 is 1.45 bits per heavy atom. The molecule has 1 atom stereocenters. The van der Waals surface area contributed by atoms with Crippen molar-refractivity contribution >= 4 is 11.8 Å². The van der Waals surface area contributed by atoms with Gasteiger partial charge in [-0.25, -0.2) is 0 Å². The van der Waals surface area contributed by atoms with Crippen LogP contribution < -0.4 is 16.4 Å². The maximum atomic E-state index is 11.8. The van der Waals surface area contributed by atoms with Gasteiger partial charge in [-0.2, -0.15) is 5.10 Å². The lowest BCUT2D eigenvalue weighted by Gasteiger charge is -2.20. The van der Waals surface area contributed by atoms with E-state index in [0.29, 0.717) is 5.56 Å². The number of aryl methyl sites for hydroxylation is 1. The lowest BCUT2D eigenvalue weighted by molar-refractivity contribution is -0.123. The average Bonchev–Trinajstić information content (AvgIpc) is 2.72. The first-order valence-corrected chi connectivity index (χ1v) is 6.52. The second-order valence-electron chi connectivity index (χ2n) is 5.76. The SMILES string of the molecule is Cn1cc(C(N)C(=O)NCCC(=O)NC(C)(C)C)cn1. The summed E-state index contributed by atoms with van der Waals surface area (Å²) in [6.07, 6.45) is 3.47. The summed E-state index contributed by atoms with van der Waals surface area (Å²) in [5.74, 6) is -0.422. The molecule has 0 spiro atoms. The number of nitrogens with zero attached hydrogens (tertiary/aromatic N) is 2. The molecule has 0 radical (unpaired) electrons. The van der Waals surface area contributed by atoms with Crippen LogP contribution in [0.25, 0.3) is 0 Å². The third-order valence-corrected chi connectivity index (χ3v) is 2.53. The van der Waals surface area contributed by atoms with E-state index in [9.17, 15) is 9.59 Å². The molecule has 0 saturated carbocycles. The zero-order valence-electron chi connectivity index (χ0n) is 12.4. The molecular formula is C13H23N5O2. The predicted octanol–water partition coefficient (Wildman–Crippen LogP) is -0.159. The second-order valence-corrected chi connectivity index (χ2v) is 5.76. The highest BCUT2D eigenvalue weighted by Gasteiger charge is 2.18. The van der Waals surface area contributed by atoms with Crippen molar-refractivity contribution in [3.05, 3.63) is 18.0 Å². The molecule has 4 N–H and O–H groups in total. The molecule has 2 amide bonds. The third-order valence-electron chi connectivity index (χ3n) is 2.53. The van der Waals surface area contributed by atoms with Gasteiger partial charge in [0.05, 0.1) is 6.20 Å². The van der Waals surface area contributed by atoms with E-state index in [4.69, 9.17) is 5.73 Å². The van der Waals surface area contributed by atoms with Crippen LogP contribution in [0.2, 0.25) is 0 Å². The van der Waals surface area contributed by atoms with Crippen molar-refractivity contribution in [2.45, 2.75) is 38.8 Å². The smallest absolute Gasteiger partial charge is 0.241 e. The van der Waals surface area contributed by atoms with Gasteiger partial charge in [0.2, 0.25) is 11.8 Å². The molecule has 1 aromatic rings. The fourth-order valence-corrected chi connectivity index (χ4v) is 1.64. The van der Waals surface area contributed by atoms with Gasteiger partial charge in [-0.05, 0) is 20.8 Å². The third kappa shape index (κ3) is 5.40. The van der Waals surface area contributed by atoms with Crippen LogP contribution in [-0.2, 0) is 16.6 Å². The van der Waals surface area contributed by atoms with Gasteiger partial charge in [0, 0.05) is 37.3 Å². The van der Waals surface area contributed by atoms with E-state index in [0.717, 1.165) is 0 Å². The Labute approximate surface area is 118 Å². The highest BCUT2D eigenvalue weighted by molar-refractivity contribution is 5.83. The Hall–Kier alpha value is -1.89. The maximum Gasteiger partial charge on any atom is 0.241 e. The van der Waals surface area contributed by atoms with Crippen LogP contribution >= 0.6 is 0 Å². The van der Waals surface area contributed by atoms with Crippen molar-refractivity contribution in [2.75, 3.05) is 6.54 Å². The largest absolute Gasteiger partial charge is 0.354 e. The monoisotopic (exact) mass is 281 g/mol. The van der Waals surface area contributed by atoms with E-state index < -0.39 is 6.04 Å². The van der Waals surface area contributed by atoms with Gasteiger partial charge in [0.1, 0.15) is 6.04 Å². The summed E-state index contributed by atoms with van der Waals surface area (Å²) >= 11 is 0. The molecule has 0 aliphatic carbocycles. The highest BCUT2D eigenvalue weighted by atomic mass is 16.2. The van der Waals surface area contributed by atoms with E-state index in [1.807, 2.05) is 20.8 Å². The first-order valence-electron chi connectivity index (χ1n) is 6.52. The average molecular weight is 281 g/mol. The van der Waals surface area contributed by atoms with E-state index in [-0.39, 0.29) is 30.3 Å². The zero-order chi connectivity index (χ0) is 15.3. The molecule has 20 heavy (non-hydrogen) atoms. The Kier molecular flexibility index (Phi) is 5.26. The molecule has 7 nitrogen and oxygen atoms in total. The van der Waals surface area contributed by atoms with Gasteiger partial charge >= 0.3 is 0 Å². The summed E-state index contributed by atoms with van der Waals surface area (Å²) in [5.41, 5.74) is 6.18. The van der Waals surface area contributed by atoms with Gasteiger partial charge < -0.3 is 16.4 Å². The minimum absolute atomic E-state index is 0.104. The van der Waals surface area contributed by atoms with E-state index in [1.54, 1.807) is 24.1 Å². The summed E-state index contributed by atoms with van der Waals surface area (Å²) < 4.78 is 1.58. The second kappa shape index (κ2) is 6.51. The maximum absolute atomic E-state index is 11.8. The zero-order valence-corrected chi connectivity index (χ0v) is 12.4.